The molecule has 1 N–H and O–H groups in total. The van der Waals surface area contributed by atoms with Gasteiger partial charge in [-0.2, -0.15) is 0 Å². The lowest BCUT2D eigenvalue weighted by molar-refractivity contribution is -0.233. The Morgan fingerprint density at radius 3 is 2.34 bits per heavy atom. The molecule has 0 spiro atoms. The number of fused-ring (bicyclic) bond motifs is 6. The van der Waals surface area contributed by atoms with Crippen LogP contribution in [0.3, 0.4) is 0 Å². The highest BCUT2D eigenvalue weighted by Gasteiger charge is 2.71. The lowest BCUT2D eigenvalue weighted by Crippen LogP contribution is -2.67. The summed E-state index contributed by atoms with van der Waals surface area (Å²) in [5, 5.41) is 10.6. The third-order valence-electron chi connectivity index (χ3n) is 13.4. The van der Waals surface area contributed by atoms with Gasteiger partial charge < -0.3 is 19.3 Å². The average molecular weight is 573 g/mol. The molecule has 41 heavy (non-hydrogen) atoms. The molecule has 4 aliphatic carbocycles. The second-order valence-corrected chi connectivity index (χ2v) is 15.6. The molecule has 1 aliphatic heterocycles. The molecule has 3 fully saturated rings. The number of aliphatic hydroxyl groups is 1. The Balaban J connectivity index is 1.64. The second kappa shape index (κ2) is 10.6. The quantitative estimate of drug-likeness (QED) is 0.330. The van der Waals surface area contributed by atoms with Crippen molar-refractivity contribution in [2.75, 3.05) is 6.61 Å². The fourth-order valence-electron chi connectivity index (χ4n) is 11.1. The first kappa shape index (κ1) is 31.0. The smallest absolute Gasteiger partial charge is 0.335 e. The molecule has 11 atom stereocenters. The summed E-state index contributed by atoms with van der Waals surface area (Å²) in [7, 11) is 0. The molecule has 1 unspecified atom stereocenters. The van der Waals surface area contributed by atoms with E-state index in [2.05, 4.69) is 34.6 Å². The summed E-state index contributed by atoms with van der Waals surface area (Å²) in [5.41, 5.74) is 1.43. The normalized spacial score (nSPS) is 46.3. The zero-order valence-corrected chi connectivity index (χ0v) is 27.2. The number of rotatable bonds is 7. The molecule has 0 bridgehead atoms. The predicted molar refractivity (Wildman–Crippen MR) is 159 cm³/mol. The molecule has 5 rings (SSSR count). The number of ether oxygens (including phenoxy) is 3. The van der Waals surface area contributed by atoms with E-state index in [4.69, 9.17) is 14.2 Å². The van der Waals surface area contributed by atoms with E-state index in [1.807, 2.05) is 27.7 Å². The Bertz CT molecular complexity index is 1080. The van der Waals surface area contributed by atoms with Crippen molar-refractivity contribution in [3.8, 4) is 0 Å². The standard InChI is InChI=1S/C35H56O6/c1-10-32(6)14-12-15-33(7)24(32)13-16-34(8)25(33)19-27(41-28(37)17-22(36)20(3)4)35(9)26(34)18-23(39-11-2)29-21(5)40-31(38)30(29)35/h20-27,36H,10-19H2,1-9H3/t21-,22?,23+,24-,25+,26-,27-,32-,33-,34+,35+/m0/s1. The van der Waals surface area contributed by atoms with Gasteiger partial charge in [-0.05, 0) is 92.3 Å². The number of cyclic esters (lactones) is 1. The van der Waals surface area contributed by atoms with E-state index in [1.54, 1.807) is 0 Å². The van der Waals surface area contributed by atoms with Crippen molar-refractivity contribution in [2.45, 2.75) is 145 Å². The molecule has 0 aromatic carbocycles. The highest BCUT2D eigenvalue weighted by Crippen LogP contribution is 2.74. The molecule has 3 saturated carbocycles. The summed E-state index contributed by atoms with van der Waals surface area (Å²) >= 11 is 0. The first-order valence-corrected chi connectivity index (χ1v) is 16.6. The number of hydrogen-bond acceptors (Lipinski definition) is 6. The molecular weight excluding hydrogens is 516 g/mol. The van der Waals surface area contributed by atoms with Crippen LogP contribution in [0.25, 0.3) is 0 Å². The van der Waals surface area contributed by atoms with E-state index in [1.165, 1.54) is 32.1 Å². The molecule has 0 radical (unpaired) electrons. The van der Waals surface area contributed by atoms with Crippen LogP contribution in [0, 0.1) is 45.3 Å². The zero-order chi connectivity index (χ0) is 30.1. The van der Waals surface area contributed by atoms with Gasteiger partial charge in [0.25, 0.3) is 0 Å². The number of aliphatic hydroxyl groups excluding tert-OH is 1. The van der Waals surface area contributed by atoms with Crippen LogP contribution in [0.5, 0.6) is 0 Å². The zero-order valence-electron chi connectivity index (χ0n) is 27.2. The second-order valence-electron chi connectivity index (χ2n) is 15.6. The molecule has 1 heterocycles. The maximum Gasteiger partial charge on any atom is 0.335 e. The minimum absolute atomic E-state index is 0.0215. The average Bonchev–Trinajstić information content (AvgIpc) is 3.21. The molecule has 0 aromatic heterocycles. The van der Waals surface area contributed by atoms with E-state index in [0.717, 1.165) is 24.8 Å². The van der Waals surface area contributed by atoms with E-state index in [-0.39, 0.29) is 53.2 Å². The van der Waals surface area contributed by atoms with Crippen molar-refractivity contribution in [1.82, 2.24) is 0 Å². The Morgan fingerprint density at radius 2 is 1.71 bits per heavy atom. The molecule has 6 heteroatoms. The number of hydrogen-bond donors (Lipinski definition) is 1. The minimum Gasteiger partial charge on any atom is -0.461 e. The molecule has 0 saturated heterocycles. The minimum atomic E-state index is -0.750. The molecule has 0 aromatic rings. The van der Waals surface area contributed by atoms with Gasteiger partial charge in [0.05, 0.1) is 24.2 Å². The van der Waals surface area contributed by atoms with Gasteiger partial charge in [0.15, 0.2) is 0 Å². The van der Waals surface area contributed by atoms with Gasteiger partial charge >= 0.3 is 11.9 Å². The number of carbonyl (C=O) groups excluding carboxylic acids is 2. The third kappa shape index (κ3) is 4.55. The largest absolute Gasteiger partial charge is 0.461 e. The monoisotopic (exact) mass is 572 g/mol. The topological polar surface area (TPSA) is 82.1 Å². The van der Waals surface area contributed by atoms with Crippen LogP contribution in [0.4, 0.5) is 0 Å². The summed E-state index contributed by atoms with van der Waals surface area (Å²) in [6.07, 6.45) is 7.06. The lowest BCUT2D eigenvalue weighted by Gasteiger charge is -2.70. The van der Waals surface area contributed by atoms with Gasteiger partial charge in [-0.25, -0.2) is 4.79 Å². The van der Waals surface area contributed by atoms with Crippen LogP contribution < -0.4 is 0 Å². The third-order valence-corrected chi connectivity index (χ3v) is 13.4. The maximum atomic E-state index is 13.7. The Labute approximate surface area is 248 Å². The van der Waals surface area contributed by atoms with Gasteiger partial charge in [-0.1, -0.05) is 61.3 Å². The highest BCUT2D eigenvalue weighted by molar-refractivity contribution is 5.95. The fraction of sp³-hybridized carbons (Fsp3) is 0.886. The van der Waals surface area contributed by atoms with Gasteiger partial charge in [0, 0.05) is 17.6 Å². The van der Waals surface area contributed by atoms with Crippen molar-refractivity contribution >= 4 is 11.9 Å². The predicted octanol–water partition coefficient (Wildman–Crippen LogP) is 7.02. The van der Waals surface area contributed by atoms with Gasteiger partial charge in [-0.3, -0.25) is 4.79 Å². The highest BCUT2D eigenvalue weighted by atomic mass is 16.6. The van der Waals surface area contributed by atoms with E-state index in [9.17, 15) is 14.7 Å². The Hall–Kier alpha value is -1.40. The van der Waals surface area contributed by atoms with Crippen LogP contribution >= 0.6 is 0 Å². The molecular formula is C35H56O6. The number of esters is 2. The molecule has 232 valence electrons. The van der Waals surface area contributed by atoms with E-state index < -0.39 is 17.6 Å². The lowest BCUT2D eigenvalue weighted by atomic mass is 9.34. The van der Waals surface area contributed by atoms with Crippen LogP contribution in [0.15, 0.2) is 11.1 Å². The van der Waals surface area contributed by atoms with Crippen molar-refractivity contribution < 1.29 is 28.9 Å². The molecule has 0 amide bonds. The Morgan fingerprint density at radius 1 is 1.02 bits per heavy atom. The first-order chi connectivity index (χ1) is 19.2. The SMILES string of the molecule is CCO[C@@H]1C[C@H]2[C@]3(C)CC[C@H]4[C@@](C)(CC)CCC[C@]4(C)[C@H]3C[C@H](OC(=O)CC(O)C(C)C)[C@]2(C)C2=C1[C@H](C)OC2=O. The van der Waals surface area contributed by atoms with Crippen molar-refractivity contribution in [2.24, 2.45) is 45.3 Å². The fourth-order valence-corrected chi connectivity index (χ4v) is 11.1. The Kier molecular flexibility index (Phi) is 8.06. The van der Waals surface area contributed by atoms with Crippen molar-refractivity contribution in [1.29, 1.82) is 0 Å². The maximum absolute atomic E-state index is 13.7. The van der Waals surface area contributed by atoms with Crippen LogP contribution in [-0.4, -0.2) is 48.1 Å². The number of carbonyl (C=O) groups is 2. The first-order valence-electron chi connectivity index (χ1n) is 16.6. The van der Waals surface area contributed by atoms with E-state index >= 15 is 0 Å². The van der Waals surface area contributed by atoms with Crippen molar-refractivity contribution in [3.63, 3.8) is 0 Å². The summed E-state index contributed by atoms with van der Waals surface area (Å²) in [4.78, 5) is 27.2. The van der Waals surface area contributed by atoms with Gasteiger partial charge in [0.2, 0.25) is 0 Å². The summed E-state index contributed by atoms with van der Waals surface area (Å²) in [6.45, 7) is 20.4. The van der Waals surface area contributed by atoms with Crippen molar-refractivity contribution in [3.05, 3.63) is 11.1 Å². The van der Waals surface area contributed by atoms with Crippen LogP contribution in [-0.2, 0) is 23.8 Å². The van der Waals surface area contributed by atoms with Gasteiger partial charge in [0.1, 0.15) is 12.2 Å². The van der Waals surface area contributed by atoms with Crippen LogP contribution in [0.2, 0.25) is 0 Å². The summed E-state index contributed by atoms with van der Waals surface area (Å²) in [5.74, 6) is 0.438. The molecule has 5 aliphatic rings. The van der Waals surface area contributed by atoms with Crippen LogP contribution in [0.1, 0.15) is 120 Å². The van der Waals surface area contributed by atoms with Gasteiger partial charge in [-0.15, -0.1) is 0 Å². The molecule has 6 nitrogen and oxygen atoms in total. The summed E-state index contributed by atoms with van der Waals surface area (Å²) < 4.78 is 18.8. The van der Waals surface area contributed by atoms with E-state index in [0.29, 0.717) is 29.4 Å². The summed E-state index contributed by atoms with van der Waals surface area (Å²) in [6, 6.07) is 0.